The Hall–Kier alpha value is 0.01000. The highest BCUT2D eigenvalue weighted by Gasteiger charge is 1.95. The van der Waals surface area contributed by atoms with Gasteiger partial charge in [-0.15, -0.1) is 11.8 Å². The van der Waals surface area contributed by atoms with Gasteiger partial charge in [-0.1, -0.05) is 29.8 Å². The minimum absolute atomic E-state index is 0.757. The number of nitrogens with one attached hydrogen (secondary N) is 1. The molecule has 1 aromatic rings. The zero-order chi connectivity index (χ0) is 12.5. The Labute approximate surface area is 118 Å². The highest BCUT2D eigenvalue weighted by molar-refractivity contribution is 9.10. The molecule has 0 aliphatic heterocycles. The van der Waals surface area contributed by atoms with Gasteiger partial charge in [0.25, 0.3) is 0 Å². The molecule has 1 rings (SSSR count). The summed E-state index contributed by atoms with van der Waals surface area (Å²) in [5.41, 5.74) is 0. The van der Waals surface area contributed by atoms with Crippen LogP contribution in [0.1, 0.15) is 26.7 Å². The van der Waals surface area contributed by atoms with Gasteiger partial charge in [0.1, 0.15) is 0 Å². The molecule has 0 aromatic heterocycles. The first-order valence-corrected chi connectivity index (χ1v) is 8.05. The monoisotopic (exact) mass is 315 g/mol. The van der Waals surface area contributed by atoms with Gasteiger partial charge in [0.15, 0.2) is 0 Å². The quantitative estimate of drug-likeness (QED) is 0.557. The molecule has 0 fully saturated rings. The normalized spacial score (nSPS) is 11.1. The molecule has 96 valence electrons. The number of hydrogen-bond acceptors (Lipinski definition) is 2. The zero-order valence-corrected chi connectivity index (χ0v) is 13.1. The van der Waals surface area contributed by atoms with Gasteiger partial charge in [0.05, 0.1) is 0 Å². The number of benzene rings is 1. The number of hydrogen-bond donors (Lipinski definition) is 1. The van der Waals surface area contributed by atoms with Crippen molar-refractivity contribution in [1.29, 1.82) is 0 Å². The minimum atomic E-state index is 0.757. The lowest BCUT2D eigenvalue weighted by Gasteiger charge is -2.07. The lowest BCUT2D eigenvalue weighted by molar-refractivity contribution is 0.541. The first-order valence-electron chi connectivity index (χ1n) is 6.27. The van der Waals surface area contributed by atoms with Gasteiger partial charge < -0.3 is 5.32 Å². The molecule has 0 unspecified atom stereocenters. The summed E-state index contributed by atoms with van der Waals surface area (Å²) >= 11 is 5.39. The van der Waals surface area contributed by atoms with Crippen molar-refractivity contribution in [3.05, 3.63) is 28.7 Å². The van der Waals surface area contributed by atoms with Crippen molar-refractivity contribution in [2.75, 3.05) is 18.8 Å². The van der Waals surface area contributed by atoms with Crippen LogP contribution < -0.4 is 5.32 Å². The third-order valence-electron chi connectivity index (χ3n) is 2.38. The third-order valence-corrected chi connectivity index (χ3v) is 4.01. The lowest BCUT2D eigenvalue weighted by Crippen LogP contribution is -2.20. The smallest absolute Gasteiger partial charge is 0.0176 e. The maximum Gasteiger partial charge on any atom is 0.0176 e. The standard InChI is InChI=1S/C14H22BrNS/c1-12(2)11-16-9-3-4-10-17-14-7-5-13(15)6-8-14/h5-8,12,16H,3-4,9-11H2,1-2H3. The van der Waals surface area contributed by atoms with Crippen molar-refractivity contribution in [2.24, 2.45) is 5.92 Å². The van der Waals surface area contributed by atoms with Crippen molar-refractivity contribution < 1.29 is 0 Å². The Kier molecular flexibility index (Phi) is 7.99. The summed E-state index contributed by atoms with van der Waals surface area (Å²) in [6.45, 7) is 6.78. The molecule has 0 aliphatic carbocycles. The fourth-order valence-electron chi connectivity index (χ4n) is 1.46. The van der Waals surface area contributed by atoms with Crippen LogP contribution in [0.5, 0.6) is 0 Å². The van der Waals surface area contributed by atoms with E-state index in [1.807, 2.05) is 11.8 Å². The molecule has 0 heterocycles. The van der Waals surface area contributed by atoms with Crippen LogP contribution in [-0.2, 0) is 0 Å². The summed E-state index contributed by atoms with van der Waals surface area (Å²) in [4.78, 5) is 1.36. The van der Waals surface area contributed by atoms with E-state index in [2.05, 4.69) is 59.4 Å². The van der Waals surface area contributed by atoms with E-state index in [9.17, 15) is 0 Å². The Morgan fingerprint density at radius 2 is 1.88 bits per heavy atom. The molecule has 0 radical (unpaired) electrons. The summed E-state index contributed by atoms with van der Waals surface area (Å²) < 4.78 is 1.15. The third kappa shape index (κ3) is 7.85. The number of rotatable bonds is 8. The Balaban J connectivity index is 1.99. The highest BCUT2D eigenvalue weighted by atomic mass is 79.9. The van der Waals surface area contributed by atoms with E-state index in [1.54, 1.807) is 0 Å². The van der Waals surface area contributed by atoms with Crippen molar-refractivity contribution >= 4 is 27.7 Å². The minimum Gasteiger partial charge on any atom is -0.316 e. The summed E-state index contributed by atoms with van der Waals surface area (Å²) in [6, 6.07) is 8.55. The predicted octanol–water partition coefficient (Wildman–Crippen LogP) is 4.57. The van der Waals surface area contributed by atoms with Gasteiger partial charge in [-0.05, 0) is 61.9 Å². The predicted molar refractivity (Wildman–Crippen MR) is 81.8 cm³/mol. The van der Waals surface area contributed by atoms with E-state index < -0.39 is 0 Å². The first-order chi connectivity index (χ1) is 8.18. The average Bonchev–Trinajstić information content (AvgIpc) is 2.30. The first kappa shape index (κ1) is 15.1. The van der Waals surface area contributed by atoms with Gasteiger partial charge in [-0.3, -0.25) is 0 Å². The molecule has 0 atom stereocenters. The second kappa shape index (κ2) is 9.01. The second-order valence-electron chi connectivity index (χ2n) is 4.61. The Bertz CT molecular complexity index is 298. The molecule has 1 nitrogen and oxygen atoms in total. The topological polar surface area (TPSA) is 12.0 Å². The van der Waals surface area contributed by atoms with Crippen LogP contribution in [0.15, 0.2) is 33.6 Å². The molecule has 0 saturated carbocycles. The van der Waals surface area contributed by atoms with Crippen LogP contribution in [0.3, 0.4) is 0 Å². The second-order valence-corrected chi connectivity index (χ2v) is 6.69. The summed E-state index contributed by atoms with van der Waals surface area (Å²) in [5.74, 6) is 1.97. The maximum atomic E-state index is 3.48. The molecular formula is C14H22BrNS. The highest BCUT2D eigenvalue weighted by Crippen LogP contribution is 2.21. The van der Waals surface area contributed by atoms with Gasteiger partial charge in [0.2, 0.25) is 0 Å². The van der Waals surface area contributed by atoms with Gasteiger partial charge in [0, 0.05) is 9.37 Å². The number of halogens is 1. The van der Waals surface area contributed by atoms with Gasteiger partial charge in [-0.25, -0.2) is 0 Å². The SMILES string of the molecule is CC(C)CNCCCCSc1ccc(Br)cc1. The fraction of sp³-hybridized carbons (Fsp3) is 0.571. The Morgan fingerprint density at radius 3 is 2.53 bits per heavy atom. The molecule has 0 saturated heterocycles. The lowest BCUT2D eigenvalue weighted by atomic mass is 10.2. The molecule has 1 aromatic carbocycles. The van der Waals surface area contributed by atoms with E-state index in [0.29, 0.717) is 0 Å². The van der Waals surface area contributed by atoms with Crippen LogP contribution in [0.25, 0.3) is 0 Å². The van der Waals surface area contributed by atoms with Crippen LogP contribution in [0.2, 0.25) is 0 Å². The van der Waals surface area contributed by atoms with E-state index in [0.717, 1.165) is 23.5 Å². The van der Waals surface area contributed by atoms with Gasteiger partial charge >= 0.3 is 0 Å². The van der Waals surface area contributed by atoms with Crippen LogP contribution in [0, 0.1) is 5.92 Å². The van der Waals surface area contributed by atoms with Gasteiger partial charge in [-0.2, -0.15) is 0 Å². The zero-order valence-electron chi connectivity index (χ0n) is 10.7. The molecule has 1 N–H and O–H groups in total. The van der Waals surface area contributed by atoms with E-state index >= 15 is 0 Å². The van der Waals surface area contributed by atoms with E-state index in [4.69, 9.17) is 0 Å². The fourth-order valence-corrected chi connectivity index (χ4v) is 2.64. The molecule has 17 heavy (non-hydrogen) atoms. The summed E-state index contributed by atoms with van der Waals surface area (Å²) in [5, 5.41) is 3.48. The summed E-state index contributed by atoms with van der Waals surface area (Å²) in [7, 11) is 0. The molecule has 0 bridgehead atoms. The maximum absolute atomic E-state index is 3.48. The average molecular weight is 316 g/mol. The largest absolute Gasteiger partial charge is 0.316 e. The van der Waals surface area contributed by atoms with Crippen LogP contribution in [0.4, 0.5) is 0 Å². The Morgan fingerprint density at radius 1 is 1.18 bits per heavy atom. The van der Waals surface area contributed by atoms with Crippen molar-refractivity contribution in [2.45, 2.75) is 31.6 Å². The molecular weight excluding hydrogens is 294 g/mol. The number of unbranched alkanes of at least 4 members (excludes halogenated alkanes) is 1. The molecule has 0 amide bonds. The van der Waals surface area contributed by atoms with Crippen molar-refractivity contribution in [3.63, 3.8) is 0 Å². The molecule has 3 heteroatoms. The number of thioether (sulfide) groups is 1. The molecule has 0 spiro atoms. The molecule has 0 aliphatic rings. The van der Waals surface area contributed by atoms with E-state index in [-0.39, 0.29) is 0 Å². The van der Waals surface area contributed by atoms with Crippen molar-refractivity contribution in [1.82, 2.24) is 5.32 Å². The summed E-state index contributed by atoms with van der Waals surface area (Å²) in [6.07, 6.45) is 2.56. The van der Waals surface area contributed by atoms with Crippen molar-refractivity contribution in [3.8, 4) is 0 Å². The van der Waals surface area contributed by atoms with Crippen LogP contribution >= 0.6 is 27.7 Å². The van der Waals surface area contributed by atoms with E-state index in [1.165, 1.54) is 23.5 Å². The van der Waals surface area contributed by atoms with Crippen LogP contribution in [-0.4, -0.2) is 18.8 Å².